The highest BCUT2D eigenvalue weighted by Gasteiger charge is 2.28. The maximum Gasteiger partial charge on any atom is 0.344 e. The van der Waals surface area contributed by atoms with Crippen LogP contribution < -0.4 is 20.5 Å². The summed E-state index contributed by atoms with van der Waals surface area (Å²) in [6.45, 7) is 4.41. The molecule has 2 aliphatic rings. The van der Waals surface area contributed by atoms with Crippen LogP contribution in [-0.4, -0.2) is 51.4 Å². The normalized spacial score (nSPS) is 20.7. The van der Waals surface area contributed by atoms with Gasteiger partial charge >= 0.3 is 16.2 Å². The zero-order valence-corrected chi connectivity index (χ0v) is 15.4. The number of amidine groups is 1. The Morgan fingerprint density at radius 2 is 2.31 bits per heavy atom. The molecule has 4 N–H and O–H groups in total. The molecular weight excluding hydrogens is 358 g/mol. The molecule has 1 aromatic carbocycles. The predicted octanol–water partition coefficient (Wildman–Crippen LogP) is 0.883. The fourth-order valence-corrected chi connectivity index (χ4v) is 3.89. The summed E-state index contributed by atoms with van der Waals surface area (Å²) in [5.74, 6) is 0.582. The first-order chi connectivity index (χ1) is 12.4. The van der Waals surface area contributed by atoms with E-state index < -0.39 is 10.2 Å². The number of nitrogens with one attached hydrogen (secondary N) is 2. The van der Waals surface area contributed by atoms with E-state index in [1.807, 2.05) is 6.92 Å². The van der Waals surface area contributed by atoms with Crippen LogP contribution in [0.15, 0.2) is 22.6 Å². The number of nitrogens with zero attached hydrogens (tertiary/aromatic N) is 2. The topological polar surface area (TPSA) is 126 Å². The molecule has 9 nitrogen and oxygen atoms in total. The smallest absolute Gasteiger partial charge is 0.344 e. The van der Waals surface area contributed by atoms with Gasteiger partial charge in [-0.3, -0.25) is 4.72 Å². The Balaban J connectivity index is 1.63. The van der Waals surface area contributed by atoms with Crippen LogP contribution in [0, 0.1) is 5.92 Å². The molecule has 2 amide bonds. The number of anilines is 1. The fraction of sp³-hybridized carbons (Fsp3) is 0.500. The Morgan fingerprint density at radius 3 is 3.08 bits per heavy atom. The lowest BCUT2D eigenvalue weighted by Crippen LogP contribution is -2.39. The van der Waals surface area contributed by atoms with Crippen LogP contribution in [0.3, 0.4) is 0 Å². The van der Waals surface area contributed by atoms with Crippen LogP contribution in [0.1, 0.15) is 25.3 Å². The molecule has 2 heterocycles. The van der Waals surface area contributed by atoms with Crippen molar-refractivity contribution < 1.29 is 17.9 Å². The number of fused-ring (bicyclic) bond motifs is 1. The highest BCUT2D eigenvalue weighted by Crippen LogP contribution is 2.31. The Kier molecular flexibility index (Phi) is 5.21. The summed E-state index contributed by atoms with van der Waals surface area (Å²) in [6, 6.07) is 4.98. The summed E-state index contributed by atoms with van der Waals surface area (Å²) in [5, 5.41) is 2.87. The SMILES string of the molecule is CCCNC(=O)N1CCC(COc2cccc3c2C(N)=NS(=O)(=O)N3)C1. The number of nitrogens with two attached hydrogens (primary N) is 1. The number of hydrogen-bond donors (Lipinski definition) is 3. The van der Waals surface area contributed by atoms with Gasteiger partial charge in [0, 0.05) is 25.6 Å². The van der Waals surface area contributed by atoms with Gasteiger partial charge in [0.1, 0.15) is 5.75 Å². The van der Waals surface area contributed by atoms with Gasteiger partial charge in [-0.05, 0) is 25.0 Å². The van der Waals surface area contributed by atoms with Gasteiger partial charge in [-0.1, -0.05) is 13.0 Å². The van der Waals surface area contributed by atoms with Crippen LogP contribution in [0.4, 0.5) is 10.5 Å². The molecule has 1 atom stereocenters. The molecule has 26 heavy (non-hydrogen) atoms. The number of urea groups is 1. The van der Waals surface area contributed by atoms with Crippen molar-refractivity contribution in [1.82, 2.24) is 10.2 Å². The van der Waals surface area contributed by atoms with Crippen molar-refractivity contribution in [3.63, 3.8) is 0 Å². The largest absolute Gasteiger partial charge is 0.492 e. The number of rotatable bonds is 5. The molecule has 1 saturated heterocycles. The van der Waals surface area contributed by atoms with E-state index in [1.54, 1.807) is 23.1 Å². The summed E-state index contributed by atoms with van der Waals surface area (Å²) >= 11 is 0. The lowest BCUT2D eigenvalue weighted by atomic mass is 10.1. The van der Waals surface area contributed by atoms with Crippen LogP contribution >= 0.6 is 0 Å². The molecule has 0 aliphatic carbocycles. The molecule has 1 aromatic rings. The molecule has 0 aromatic heterocycles. The van der Waals surface area contributed by atoms with Gasteiger partial charge < -0.3 is 20.7 Å². The molecule has 1 fully saturated rings. The lowest BCUT2D eigenvalue weighted by Gasteiger charge is -2.20. The average Bonchev–Trinajstić information content (AvgIpc) is 3.05. The monoisotopic (exact) mass is 381 g/mol. The van der Waals surface area contributed by atoms with Gasteiger partial charge in [-0.15, -0.1) is 4.40 Å². The third-order valence-electron chi connectivity index (χ3n) is 4.31. The van der Waals surface area contributed by atoms with Crippen molar-refractivity contribution in [2.45, 2.75) is 19.8 Å². The van der Waals surface area contributed by atoms with Gasteiger partial charge in [-0.25, -0.2) is 4.79 Å². The first-order valence-corrected chi connectivity index (χ1v) is 10.0. The summed E-state index contributed by atoms with van der Waals surface area (Å²) in [4.78, 5) is 13.8. The number of likely N-dealkylation sites (tertiary alicyclic amines) is 1. The molecule has 0 radical (unpaired) electrons. The number of amides is 2. The second-order valence-corrected chi connectivity index (χ2v) is 7.71. The summed E-state index contributed by atoms with van der Waals surface area (Å²) < 4.78 is 34.9. The summed E-state index contributed by atoms with van der Waals surface area (Å²) in [7, 11) is -3.81. The number of hydrogen-bond acceptors (Lipinski definition) is 5. The third kappa shape index (κ3) is 4.01. The summed E-state index contributed by atoms with van der Waals surface area (Å²) in [6.07, 6.45) is 1.75. The van der Waals surface area contributed by atoms with E-state index in [2.05, 4.69) is 14.4 Å². The first-order valence-electron chi connectivity index (χ1n) is 8.56. The van der Waals surface area contributed by atoms with Crippen molar-refractivity contribution in [2.75, 3.05) is 31.0 Å². The molecule has 142 valence electrons. The first kappa shape index (κ1) is 18.3. The second-order valence-electron chi connectivity index (χ2n) is 6.38. The van der Waals surface area contributed by atoms with E-state index in [1.165, 1.54) is 0 Å². The van der Waals surface area contributed by atoms with Crippen molar-refractivity contribution in [1.29, 1.82) is 0 Å². The minimum atomic E-state index is -3.81. The van der Waals surface area contributed by atoms with E-state index in [4.69, 9.17) is 10.5 Å². The van der Waals surface area contributed by atoms with Crippen molar-refractivity contribution in [3.05, 3.63) is 23.8 Å². The number of carbonyl (C=O) groups is 1. The molecule has 10 heteroatoms. The molecule has 0 spiro atoms. The van der Waals surface area contributed by atoms with E-state index in [-0.39, 0.29) is 17.8 Å². The minimum Gasteiger partial charge on any atom is -0.492 e. The number of ether oxygens (including phenoxy) is 1. The van der Waals surface area contributed by atoms with Gasteiger partial charge in [0.25, 0.3) is 0 Å². The Hall–Kier alpha value is -2.49. The highest BCUT2D eigenvalue weighted by atomic mass is 32.2. The second kappa shape index (κ2) is 7.40. The van der Waals surface area contributed by atoms with Gasteiger partial charge in [0.05, 0.1) is 17.9 Å². The van der Waals surface area contributed by atoms with Crippen molar-refractivity contribution >= 4 is 27.8 Å². The molecular formula is C16H23N5O4S. The van der Waals surface area contributed by atoms with Crippen molar-refractivity contribution in [2.24, 2.45) is 16.0 Å². The Morgan fingerprint density at radius 1 is 1.50 bits per heavy atom. The minimum absolute atomic E-state index is 0.0442. The third-order valence-corrected chi connectivity index (χ3v) is 5.23. The average molecular weight is 381 g/mol. The Labute approximate surface area is 152 Å². The molecule has 0 bridgehead atoms. The van der Waals surface area contributed by atoms with E-state index in [9.17, 15) is 13.2 Å². The highest BCUT2D eigenvalue weighted by molar-refractivity contribution is 7.91. The van der Waals surface area contributed by atoms with Gasteiger partial charge in [-0.2, -0.15) is 8.42 Å². The van der Waals surface area contributed by atoms with Gasteiger partial charge in [0.2, 0.25) is 0 Å². The molecule has 2 aliphatic heterocycles. The van der Waals surface area contributed by atoms with E-state index in [0.717, 1.165) is 12.8 Å². The number of carbonyl (C=O) groups excluding carboxylic acids is 1. The quantitative estimate of drug-likeness (QED) is 0.698. The molecule has 1 unspecified atom stereocenters. The lowest BCUT2D eigenvalue weighted by molar-refractivity contribution is 0.202. The predicted molar refractivity (Wildman–Crippen MR) is 98.6 cm³/mol. The van der Waals surface area contributed by atoms with Crippen LogP contribution in [0.5, 0.6) is 5.75 Å². The van der Waals surface area contributed by atoms with Crippen molar-refractivity contribution in [3.8, 4) is 5.75 Å². The van der Waals surface area contributed by atoms with Crippen LogP contribution in [0.2, 0.25) is 0 Å². The summed E-state index contributed by atoms with van der Waals surface area (Å²) in [5.41, 5.74) is 6.60. The fourth-order valence-electron chi connectivity index (χ4n) is 3.04. The van der Waals surface area contributed by atoms with E-state index >= 15 is 0 Å². The number of benzene rings is 1. The Bertz CT molecular complexity index is 824. The standard InChI is InChI=1S/C16H23N5O4S/c1-2-7-18-16(22)21-8-6-11(9-21)10-25-13-5-3-4-12-14(13)15(17)20-26(23,24)19-12/h3-5,11,19H,2,6-10H2,1H3,(H2,17,20)(H,18,22). The maximum absolute atomic E-state index is 12.0. The van der Waals surface area contributed by atoms with Crippen LogP contribution in [-0.2, 0) is 10.2 Å². The maximum atomic E-state index is 12.0. The molecule has 3 rings (SSSR count). The van der Waals surface area contributed by atoms with Gasteiger partial charge in [0.15, 0.2) is 5.84 Å². The zero-order chi connectivity index (χ0) is 18.7. The van der Waals surface area contributed by atoms with Crippen LogP contribution in [0.25, 0.3) is 0 Å². The molecule has 0 saturated carbocycles. The van der Waals surface area contributed by atoms with E-state index in [0.29, 0.717) is 43.2 Å². The zero-order valence-electron chi connectivity index (χ0n) is 14.6.